The molecule has 1 saturated carbocycles. The molecule has 1 saturated heterocycles. The molecule has 1 aromatic carbocycles. The summed E-state index contributed by atoms with van der Waals surface area (Å²) in [6, 6.07) is 12.8. The maximum absolute atomic E-state index is 15.4. The fourth-order valence-electron chi connectivity index (χ4n) is 5.89. The summed E-state index contributed by atoms with van der Waals surface area (Å²) in [5.41, 5.74) is 0.613. The summed E-state index contributed by atoms with van der Waals surface area (Å²) in [5, 5.41) is 9.36. The van der Waals surface area contributed by atoms with Crippen LogP contribution in [0.25, 0.3) is 17.2 Å². The van der Waals surface area contributed by atoms with Crippen LogP contribution in [-0.4, -0.2) is 49.3 Å². The molecule has 1 unspecified atom stereocenters. The molecule has 1 aromatic heterocycles. The third-order valence-corrected chi connectivity index (χ3v) is 7.71. The van der Waals surface area contributed by atoms with Gasteiger partial charge >= 0.3 is 11.9 Å². The Bertz CT molecular complexity index is 1260. The van der Waals surface area contributed by atoms with E-state index in [2.05, 4.69) is 11.1 Å². The number of rotatable bonds is 6. The zero-order valence-electron chi connectivity index (χ0n) is 21.0. The van der Waals surface area contributed by atoms with E-state index in [4.69, 9.17) is 14.2 Å². The van der Waals surface area contributed by atoms with Crippen molar-refractivity contribution in [3.05, 3.63) is 59.9 Å². The van der Waals surface area contributed by atoms with Gasteiger partial charge in [0.2, 0.25) is 0 Å². The molecule has 1 aliphatic carbocycles. The maximum atomic E-state index is 15.4. The van der Waals surface area contributed by atoms with Crippen LogP contribution in [0.4, 0.5) is 8.78 Å². The van der Waals surface area contributed by atoms with Gasteiger partial charge in [0.25, 0.3) is 5.92 Å². The van der Waals surface area contributed by atoms with Crippen LogP contribution in [-0.2, 0) is 23.8 Å². The van der Waals surface area contributed by atoms with E-state index in [0.717, 1.165) is 18.2 Å². The lowest BCUT2D eigenvalue weighted by Crippen LogP contribution is -2.60. The van der Waals surface area contributed by atoms with E-state index in [9.17, 15) is 14.9 Å². The molecule has 9 heteroatoms. The van der Waals surface area contributed by atoms with E-state index in [0.29, 0.717) is 11.3 Å². The molecule has 7 nitrogen and oxygen atoms in total. The predicted octanol–water partition coefficient (Wildman–Crippen LogP) is 4.66. The van der Waals surface area contributed by atoms with Crippen LogP contribution in [0.1, 0.15) is 31.5 Å². The zero-order valence-corrected chi connectivity index (χ0v) is 21.0. The van der Waals surface area contributed by atoms with Gasteiger partial charge in [-0.15, -0.1) is 0 Å². The Balaban J connectivity index is 1.71. The number of fused-ring (bicyclic) bond motifs is 1. The Kier molecular flexibility index (Phi) is 7.16. The fourth-order valence-corrected chi connectivity index (χ4v) is 5.89. The van der Waals surface area contributed by atoms with Crippen LogP contribution in [0.15, 0.2) is 48.7 Å². The fraction of sp³-hybridized carbons (Fsp3) is 0.429. The van der Waals surface area contributed by atoms with Gasteiger partial charge < -0.3 is 14.2 Å². The third kappa shape index (κ3) is 4.40. The summed E-state index contributed by atoms with van der Waals surface area (Å²) < 4.78 is 46.5. The van der Waals surface area contributed by atoms with E-state index in [1.807, 2.05) is 12.1 Å². The number of esters is 2. The van der Waals surface area contributed by atoms with Crippen molar-refractivity contribution in [2.24, 2.45) is 23.2 Å². The molecule has 2 aromatic rings. The third-order valence-electron chi connectivity index (χ3n) is 7.71. The molecule has 0 amide bonds. The predicted molar refractivity (Wildman–Crippen MR) is 130 cm³/mol. The average Bonchev–Trinajstić information content (AvgIpc) is 3.13. The monoisotopic (exact) mass is 510 g/mol. The molecule has 0 radical (unpaired) electrons. The normalized spacial score (nSPS) is 29.3. The smallest absolute Gasteiger partial charge is 0.336 e. The lowest BCUT2D eigenvalue weighted by molar-refractivity contribution is -0.203. The number of nitriles is 1. The number of nitrogens with zero attached hydrogens (tertiary/aromatic N) is 2. The van der Waals surface area contributed by atoms with Crippen LogP contribution >= 0.6 is 0 Å². The Morgan fingerprint density at radius 2 is 1.97 bits per heavy atom. The molecule has 0 bridgehead atoms. The van der Waals surface area contributed by atoms with Gasteiger partial charge in [0.05, 0.1) is 24.4 Å². The van der Waals surface area contributed by atoms with Gasteiger partial charge in [-0.2, -0.15) is 5.26 Å². The summed E-state index contributed by atoms with van der Waals surface area (Å²) in [6.45, 7) is 3.08. The van der Waals surface area contributed by atoms with Crippen LogP contribution < -0.4 is 0 Å². The van der Waals surface area contributed by atoms with Crippen molar-refractivity contribution < 1.29 is 32.6 Å². The highest BCUT2D eigenvalue weighted by atomic mass is 19.3. The van der Waals surface area contributed by atoms with E-state index in [1.54, 1.807) is 49.5 Å². The molecule has 6 atom stereocenters. The summed E-state index contributed by atoms with van der Waals surface area (Å²) in [5.74, 6) is -7.79. The van der Waals surface area contributed by atoms with Crippen LogP contribution in [0.2, 0.25) is 0 Å². The molecular formula is C28H28F2N2O5. The standard InChI is InChI=1S/C28H28F2N2O5/c1-16-21(12-11-20-10-9-19(14-32-20)22-8-6-5-7-18(22)13-31)23-17(2)37-26(34)27(23,15-28(16,29)30)24(35-3)25(33)36-4/h5-12,14,16-17,21,23-24H,15H2,1-4H3/b12-11+/t16-,17+,21-,23-,24?,27+/m0/s1. The number of cyclic esters (lactones) is 1. The highest BCUT2D eigenvalue weighted by molar-refractivity contribution is 5.89. The quantitative estimate of drug-likeness (QED) is 0.521. The van der Waals surface area contributed by atoms with Crippen molar-refractivity contribution in [1.29, 1.82) is 5.26 Å². The minimum Gasteiger partial charge on any atom is -0.467 e. The summed E-state index contributed by atoms with van der Waals surface area (Å²) >= 11 is 0. The van der Waals surface area contributed by atoms with Crippen molar-refractivity contribution in [2.45, 2.75) is 38.4 Å². The minimum atomic E-state index is -3.28. The molecule has 2 heterocycles. The number of carbonyl (C=O) groups excluding carboxylic acids is 2. The molecule has 0 N–H and O–H groups in total. The van der Waals surface area contributed by atoms with Crippen molar-refractivity contribution in [1.82, 2.24) is 4.98 Å². The largest absolute Gasteiger partial charge is 0.467 e. The molecule has 1 aliphatic heterocycles. The van der Waals surface area contributed by atoms with Crippen molar-refractivity contribution in [3.8, 4) is 17.2 Å². The van der Waals surface area contributed by atoms with E-state index in [-0.39, 0.29) is 0 Å². The van der Waals surface area contributed by atoms with Gasteiger partial charge in [0, 0.05) is 42.7 Å². The summed E-state index contributed by atoms with van der Waals surface area (Å²) in [6.07, 6.45) is 1.72. The number of pyridine rings is 1. The minimum absolute atomic E-state index is 0.513. The van der Waals surface area contributed by atoms with Gasteiger partial charge in [0.15, 0.2) is 6.10 Å². The van der Waals surface area contributed by atoms with Gasteiger partial charge in [-0.3, -0.25) is 9.78 Å². The topological polar surface area (TPSA) is 98.5 Å². The summed E-state index contributed by atoms with van der Waals surface area (Å²) in [7, 11) is 2.32. The number of alkyl halides is 2. The molecule has 4 rings (SSSR count). The molecule has 0 spiro atoms. The van der Waals surface area contributed by atoms with Crippen molar-refractivity contribution in [3.63, 3.8) is 0 Å². The second-order valence-electron chi connectivity index (χ2n) is 9.61. The molecular weight excluding hydrogens is 482 g/mol. The number of halogens is 2. The number of hydrogen-bond donors (Lipinski definition) is 0. The second kappa shape index (κ2) is 10.0. The van der Waals surface area contributed by atoms with Crippen LogP contribution in [0.3, 0.4) is 0 Å². The molecule has 2 fully saturated rings. The molecule has 194 valence electrons. The Morgan fingerprint density at radius 3 is 2.59 bits per heavy atom. The first-order chi connectivity index (χ1) is 17.6. The molecule has 37 heavy (non-hydrogen) atoms. The Hall–Kier alpha value is -3.64. The first kappa shape index (κ1) is 26.4. The van der Waals surface area contributed by atoms with E-state index in [1.165, 1.54) is 14.0 Å². The van der Waals surface area contributed by atoms with Gasteiger partial charge in [-0.1, -0.05) is 37.3 Å². The summed E-state index contributed by atoms with van der Waals surface area (Å²) in [4.78, 5) is 30.1. The number of benzene rings is 1. The first-order valence-electron chi connectivity index (χ1n) is 11.9. The number of hydrogen-bond acceptors (Lipinski definition) is 7. The second-order valence-corrected chi connectivity index (χ2v) is 9.61. The van der Waals surface area contributed by atoms with Crippen molar-refractivity contribution >= 4 is 18.0 Å². The Labute approximate surface area is 214 Å². The number of carbonyl (C=O) groups is 2. The SMILES string of the molecule is COC(=O)C(OC)[C@@]12CC(F)(F)[C@@H](C)[C@H](/C=C/c3ccc(-c4ccccc4C#N)cn3)[C@@H]1[C@@H](C)OC2=O. The number of methoxy groups -OCH3 is 2. The van der Waals surface area contributed by atoms with Gasteiger partial charge in [-0.25, -0.2) is 13.6 Å². The van der Waals surface area contributed by atoms with Gasteiger partial charge in [0.1, 0.15) is 11.5 Å². The highest BCUT2D eigenvalue weighted by Crippen LogP contribution is 2.61. The van der Waals surface area contributed by atoms with Crippen molar-refractivity contribution in [2.75, 3.05) is 14.2 Å². The zero-order chi connectivity index (χ0) is 27.0. The van der Waals surface area contributed by atoms with E-state index < -0.39 is 59.7 Å². The van der Waals surface area contributed by atoms with E-state index >= 15 is 8.78 Å². The number of aromatic nitrogens is 1. The van der Waals surface area contributed by atoms with Crippen LogP contribution in [0.5, 0.6) is 0 Å². The maximum Gasteiger partial charge on any atom is 0.336 e. The Morgan fingerprint density at radius 1 is 1.24 bits per heavy atom. The lowest BCUT2D eigenvalue weighted by atomic mass is 9.54. The molecule has 2 aliphatic rings. The lowest BCUT2D eigenvalue weighted by Gasteiger charge is -2.49. The van der Waals surface area contributed by atoms with Crippen LogP contribution in [0, 0.1) is 34.5 Å². The number of allylic oxidation sites excluding steroid dienone is 1. The first-order valence-corrected chi connectivity index (χ1v) is 11.9. The average molecular weight is 511 g/mol. The highest BCUT2D eigenvalue weighted by Gasteiger charge is 2.72. The van der Waals surface area contributed by atoms with Gasteiger partial charge in [-0.05, 0) is 31.1 Å². The number of ether oxygens (including phenoxy) is 3.